The van der Waals surface area contributed by atoms with Gasteiger partial charge >= 0.3 is 0 Å². The highest BCUT2D eigenvalue weighted by Gasteiger charge is 2.31. The van der Waals surface area contributed by atoms with E-state index < -0.39 is 0 Å². The summed E-state index contributed by atoms with van der Waals surface area (Å²) in [5.74, 6) is 1.01. The van der Waals surface area contributed by atoms with E-state index in [0.717, 1.165) is 37.3 Å². The van der Waals surface area contributed by atoms with Crippen LogP contribution in [0.4, 0.5) is 0 Å². The molecular formula is C12H15IN2O2. The normalized spacial score (nSPS) is 26.7. The number of nitrogens with zero attached hydrogens (tertiary/aromatic N) is 1. The van der Waals surface area contributed by atoms with Crippen molar-refractivity contribution in [3.05, 3.63) is 31.2 Å². The monoisotopic (exact) mass is 346 g/mol. The van der Waals surface area contributed by atoms with Crippen molar-refractivity contribution in [2.75, 3.05) is 13.1 Å². The van der Waals surface area contributed by atoms with E-state index in [0.29, 0.717) is 15.4 Å². The smallest absolute Gasteiger partial charge is 0.264 e. The number of aliphatic hydroxyl groups is 1. The summed E-state index contributed by atoms with van der Waals surface area (Å²) in [6, 6.07) is 2.01. The first-order valence-corrected chi connectivity index (χ1v) is 7.02. The number of nitrogens with one attached hydrogen (secondary N) is 1. The summed E-state index contributed by atoms with van der Waals surface area (Å²) in [6.07, 6.45) is 1.16. The minimum absolute atomic E-state index is 0.0507. The SMILES string of the molecule is O=c1c(I)c(CO)cc2n1CC1CNCC2C1. The Morgan fingerprint density at radius 1 is 1.53 bits per heavy atom. The van der Waals surface area contributed by atoms with Crippen molar-refractivity contribution in [1.29, 1.82) is 0 Å². The summed E-state index contributed by atoms with van der Waals surface area (Å²) >= 11 is 2.05. The topological polar surface area (TPSA) is 54.3 Å². The minimum atomic E-state index is -0.0507. The number of aliphatic hydroxyl groups excluding tert-OH is 1. The largest absolute Gasteiger partial charge is 0.392 e. The van der Waals surface area contributed by atoms with Crippen molar-refractivity contribution in [2.24, 2.45) is 5.92 Å². The van der Waals surface area contributed by atoms with E-state index >= 15 is 0 Å². The predicted molar refractivity (Wildman–Crippen MR) is 73.1 cm³/mol. The van der Waals surface area contributed by atoms with Gasteiger partial charge in [0, 0.05) is 24.7 Å². The highest BCUT2D eigenvalue weighted by molar-refractivity contribution is 14.1. The third kappa shape index (κ3) is 1.84. The molecule has 2 aliphatic rings. The highest BCUT2D eigenvalue weighted by atomic mass is 127. The molecule has 2 N–H and O–H groups in total. The Morgan fingerprint density at radius 3 is 3.12 bits per heavy atom. The van der Waals surface area contributed by atoms with E-state index in [4.69, 9.17) is 0 Å². The van der Waals surface area contributed by atoms with Gasteiger partial charge in [0.05, 0.1) is 10.2 Å². The molecule has 5 heteroatoms. The van der Waals surface area contributed by atoms with Crippen molar-refractivity contribution >= 4 is 22.6 Å². The highest BCUT2D eigenvalue weighted by Crippen LogP contribution is 2.32. The molecule has 3 heterocycles. The molecule has 0 saturated carbocycles. The average molecular weight is 346 g/mol. The number of hydrogen-bond acceptors (Lipinski definition) is 3. The van der Waals surface area contributed by atoms with Crippen LogP contribution in [0.3, 0.4) is 0 Å². The maximum atomic E-state index is 12.2. The Hall–Kier alpha value is -0.400. The summed E-state index contributed by atoms with van der Waals surface area (Å²) in [4.78, 5) is 12.2. The molecule has 0 radical (unpaired) electrons. The Balaban J connectivity index is 2.18. The first-order chi connectivity index (χ1) is 8.20. The number of halogens is 1. The fraction of sp³-hybridized carbons (Fsp3) is 0.583. The van der Waals surface area contributed by atoms with E-state index in [1.165, 1.54) is 0 Å². The molecule has 1 aromatic rings. The zero-order valence-electron chi connectivity index (χ0n) is 9.45. The van der Waals surface area contributed by atoms with Gasteiger partial charge in [-0.2, -0.15) is 0 Å². The van der Waals surface area contributed by atoms with Gasteiger partial charge in [-0.05, 0) is 53.1 Å². The Kier molecular flexibility index (Phi) is 3.00. The van der Waals surface area contributed by atoms with Gasteiger partial charge < -0.3 is 15.0 Å². The molecule has 0 amide bonds. The number of rotatable bonds is 1. The summed E-state index contributed by atoms with van der Waals surface area (Å²) < 4.78 is 2.59. The number of piperidine rings is 1. The molecule has 2 bridgehead atoms. The first kappa shape index (κ1) is 11.7. The molecule has 3 rings (SSSR count). The first-order valence-electron chi connectivity index (χ1n) is 5.94. The number of fused-ring (bicyclic) bond motifs is 4. The summed E-state index contributed by atoms with van der Waals surface area (Å²) in [7, 11) is 0. The van der Waals surface area contributed by atoms with Gasteiger partial charge in [0.25, 0.3) is 5.56 Å². The maximum absolute atomic E-state index is 12.2. The van der Waals surface area contributed by atoms with Crippen molar-refractivity contribution < 1.29 is 5.11 Å². The molecule has 17 heavy (non-hydrogen) atoms. The molecule has 0 aromatic carbocycles. The lowest BCUT2D eigenvalue weighted by molar-refractivity contribution is 0.252. The molecule has 2 unspecified atom stereocenters. The van der Waals surface area contributed by atoms with E-state index in [1.54, 1.807) is 0 Å². The third-order valence-corrected chi connectivity index (χ3v) is 4.97. The van der Waals surface area contributed by atoms with Crippen molar-refractivity contribution in [1.82, 2.24) is 9.88 Å². The second-order valence-electron chi connectivity index (χ2n) is 4.94. The van der Waals surface area contributed by atoms with Crippen molar-refractivity contribution in [3.8, 4) is 0 Å². The lowest BCUT2D eigenvalue weighted by Crippen LogP contribution is -2.45. The van der Waals surface area contributed by atoms with E-state index in [2.05, 4.69) is 5.32 Å². The number of pyridine rings is 1. The van der Waals surface area contributed by atoms with Crippen LogP contribution in [0.25, 0.3) is 0 Å². The van der Waals surface area contributed by atoms with Gasteiger partial charge in [0.2, 0.25) is 0 Å². The molecular weight excluding hydrogens is 331 g/mol. The van der Waals surface area contributed by atoms with Crippen LogP contribution in [0.2, 0.25) is 0 Å². The maximum Gasteiger partial charge on any atom is 0.264 e. The standard InChI is InChI=1S/C12H15IN2O2/c13-11-9(6-16)2-10-8-1-7(3-14-4-8)5-15(10)12(11)17/h2,7-8,14,16H,1,3-6H2. The van der Waals surface area contributed by atoms with Gasteiger partial charge in [0.1, 0.15) is 0 Å². The lowest BCUT2D eigenvalue weighted by Gasteiger charge is -2.37. The van der Waals surface area contributed by atoms with Crippen LogP contribution in [-0.4, -0.2) is 22.8 Å². The van der Waals surface area contributed by atoms with E-state index in [9.17, 15) is 9.90 Å². The molecule has 0 aliphatic carbocycles. The molecule has 1 fully saturated rings. The van der Waals surface area contributed by atoms with Gasteiger partial charge in [-0.15, -0.1) is 0 Å². The second-order valence-corrected chi connectivity index (χ2v) is 6.02. The minimum Gasteiger partial charge on any atom is -0.392 e. The van der Waals surface area contributed by atoms with Gasteiger partial charge in [-0.25, -0.2) is 0 Å². The van der Waals surface area contributed by atoms with Gasteiger partial charge in [0.15, 0.2) is 0 Å². The molecule has 2 atom stereocenters. The molecule has 92 valence electrons. The van der Waals surface area contributed by atoms with Crippen LogP contribution in [0, 0.1) is 9.49 Å². The molecule has 1 aromatic heterocycles. The lowest BCUT2D eigenvalue weighted by atomic mass is 9.84. The van der Waals surface area contributed by atoms with Crippen molar-refractivity contribution in [2.45, 2.75) is 25.5 Å². The molecule has 0 spiro atoms. The third-order valence-electron chi connectivity index (χ3n) is 3.82. The fourth-order valence-electron chi connectivity index (χ4n) is 2.99. The van der Waals surface area contributed by atoms with Gasteiger partial charge in [-0.1, -0.05) is 0 Å². The van der Waals surface area contributed by atoms with Crippen LogP contribution in [0.15, 0.2) is 10.9 Å². The number of aromatic nitrogens is 1. The van der Waals surface area contributed by atoms with Crippen molar-refractivity contribution in [3.63, 3.8) is 0 Å². The van der Waals surface area contributed by atoms with Crippen LogP contribution in [0.1, 0.15) is 23.6 Å². The van der Waals surface area contributed by atoms with E-state index in [1.807, 2.05) is 33.2 Å². The summed E-state index contributed by atoms with van der Waals surface area (Å²) in [5, 5.41) is 12.7. The Morgan fingerprint density at radius 2 is 2.35 bits per heavy atom. The zero-order valence-corrected chi connectivity index (χ0v) is 11.6. The molecule has 4 nitrogen and oxygen atoms in total. The summed E-state index contributed by atoms with van der Waals surface area (Å²) in [5.41, 5.74) is 1.94. The Bertz CT molecular complexity index is 512. The van der Waals surface area contributed by atoms with Gasteiger partial charge in [-0.3, -0.25) is 4.79 Å². The summed E-state index contributed by atoms with van der Waals surface area (Å²) in [6.45, 7) is 2.73. The zero-order chi connectivity index (χ0) is 12.0. The van der Waals surface area contributed by atoms with Crippen LogP contribution in [-0.2, 0) is 13.2 Å². The van der Waals surface area contributed by atoms with Crippen LogP contribution in [0.5, 0.6) is 0 Å². The number of hydrogen-bond donors (Lipinski definition) is 2. The molecule has 1 saturated heterocycles. The van der Waals surface area contributed by atoms with Crippen LogP contribution >= 0.6 is 22.6 Å². The second kappa shape index (κ2) is 4.37. The Labute approximate surface area is 113 Å². The fourth-order valence-corrected chi connectivity index (χ4v) is 3.61. The molecule has 2 aliphatic heterocycles. The van der Waals surface area contributed by atoms with Crippen LogP contribution < -0.4 is 10.9 Å². The van der Waals surface area contributed by atoms with E-state index in [-0.39, 0.29) is 12.2 Å². The quantitative estimate of drug-likeness (QED) is 0.735. The average Bonchev–Trinajstić information content (AvgIpc) is 2.35. The predicted octanol–water partition coefficient (Wildman–Crippen LogP) is 0.652.